The molecule has 96 valence electrons. The summed E-state index contributed by atoms with van der Waals surface area (Å²) < 4.78 is 0. The number of rotatable bonds is 5. The van der Waals surface area contributed by atoms with Crippen LogP contribution in [0.4, 0.5) is 5.69 Å². The maximum atomic E-state index is 8.90. The fourth-order valence-corrected chi connectivity index (χ4v) is 2.11. The second-order valence-electron chi connectivity index (χ2n) is 4.67. The Balaban J connectivity index is 1.87. The summed E-state index contributed by atoms with van der Waals surface area (Å²) in [5.74, 6) is 0. The SMILES string of the molecule is CN(CCCc1ccccc1)c1cccc(C#N)c1. The molecule has 0 aliphatic heterocycles. The first kappa shape index (κ1) is 13.2. The maximum Gasteiger partial charge on any atom is 0.0992 e. The predicted octanol–water partition coefficient (Wildman–Crippen LogP) is 3.63. The van der Waals surface area contributed by atoms with Crippen LogP contribution in [0.15, 0.2) is 54.6 Å². The molecule has 19 heavy (non-hydrogen) atoms. The monoisotopic (exact) mass is 250 g/mol. The van der Waals surface area contributed by atoms with Gasteiger partial charge in [0.05, 0.1) is 11.6 Å². The fraction of sp³-hybridized carbons (Fsp3) is 0.235. The molecule has 0 aromatic heterocycles. The molecule has 0 radical (unpaired) electrons. The molecule has 0 saturated carbocycles. The molecule has 0 aliphatic rings. The zero-order valence-electron chi connectivity index (χ0n) is 11.2. The summed E-state index contributed by atoms with van der Waals surface area (Å²) in [6.07, 6.45) is 2.19. The molecular formula is C17H18N2. The van der Waals surface area contributed by atoms with Gasteiger partial charge in [0.25, 0.3) is 0 Å². The van der Waals surface area contributed by atoms with E-state index in [0.717, 1.165) is 25.1 Å². The Morgan fingerprint density at radius 2 is 1.84 bits per heavy atom. The number of hydrogen-bond donors (Lipinski definition) is 0. The largest absolute Gasteiger partial charge is 0.375 e. The quantitative estimate of drug-likeness (QED) is 0.810. The van der Waals surface area contributed by atoms with E-state index in [1.54, 1.807) is 0 Å². The van der Waals surface area contributed by atoms with Crippen molar-refractivity contribution in [1.29, 1.82) is 5.26 Å². The minimum atomic E-state index is 0.715. The van der Waals surface area contributed by atoms with Crippen molar-refractivity contribution in [2.45, 2.75) is 12.8 Å². The molecular weight excluding hydrogens is 232 g/mol. The molecule has 0 atom stereocenters. The van der Waals surface area contributed by atoms with Gasteiger partial charge >= 0.3 is 0 Å². The number of hydrogen-bond acceptors (Lipinski definition) is 2. The molecule has 0 spiro atoms. The average molecular weight is 250 g/mol. The van der Waals surface area contributed by atoms with Gasteiger partial charge in [0.2, 0.25) is 0 Å². The lowest BCUT2D eigenvalue weighted by Gasteiger charge is -2.19. The van der Waals surface area contributed by atoms with Crippen LogP contribution in [0.2, 0.25) is 0 Å². The summed E-state index contributed by atoms with van der Waals surface area (Å²) in [7, 11) is 2.07. The fourth-order valence-electron chi connectivity index (χ4n) is 2.11. The van der Waals surface area contributed by atoms with Gasteiger partial charge in [-0.1, -0.05) is 36.4 Å². The summed E-state index contributed by atoms with van der Waals surface area (Å²) in [5.41, 5.74) is 3.20. The first-order valence-corrected chi connectivity index (χ1v) is 6.55. The highest BCUT2D eigenvalue weighted by atomic mass is 15.1. The highest BCUT2D eigenvalue weighted by molar-refractivity contribution is 5.50. The molecule has 0 heterocycles. The van der Waals surface area contributed by atoms with Gasteiger partial charge in [0.15, 0.2) is 0 Å². The molecule has 0 saturated heterocycles. The van der Waals surface area contributed by atoms with Crippen LogP contribution in [-0.4, -0.2) is 13.6 Å². The Hall–Kier alpha value is -2.27. The first-order valence-electron chi connectivity index (χ1n) is 6.55. The molecule has 2 aromatic carbocycles. The number of aryl methyl sites for hydroxylation is 1. The van der Waals surface area contributed by atoms with E-state index in [-0.39, 0.29) is 0 Å². The highest BCUT2D eigenvalue weighted by Crippen LogP contribution is 2.15. The molecule has 0 unspecified atom stereocenters. The van der Waals surface area contributed by atoms with Crippen LogP contribution in [-0.2, 0) is 6.42 Å². The first-order chi connectivity index (χ1) is 9.29. The Kier molecular flexibility index (Phi) is 4.58. The van der Waals surface area contributed by atoms with Gasteiger partial charge in [-0.15, -0.1) is 0 Å². The van der Waals surface area contributed by atoms with Gasteiger partial charge in [-0.2, -0.15) is 5.26 Å². The Labute approximate surface area is 114 Å². The zero-order valence-corrected chi connectivity index (χ0v) is 11.2. The van der Waals surface area contributed by atoms with Gasteiger partial charge in [-0.3, -0.25) is 0 Å². The van der Waals surface area contributed by atoms with Crippen molar-refractivity contribution >= 4 is 5.69 Å². The van der Waals surface area contributed by atoms with Gasteiger partial charge < -0.3 is 4.90 Å². The zero-order chi connectivity index (χ0) is 13.5. The third kappa shape index (κ3) is 3.86. The van der Waals surface area contributed by atoms with Crippen LogP contribution in [0.25, 0.3) is 0 Å². The van der Waals surface area contributed by atoms with E-state index < -0.39 is 0 Å². The van der Waals surface area contributed by atoms with Crippen molar-refractivity contribution < 1.29 is 0 Å². The van der Waals surface area contributed by atoms with Crippen LogP contribution in [0, 0.1) is 11.3 Å². The van der Waals surface area contributed by atoms with Crippen LogP contribution in [0.3, 0.4) is 0 Å². The van der Waals surface area contributed by atoms with E-state index in [9.17, 15) is 0 Å². The standard InChI is InChI=1S/C17H18N2/c1-19(17-11-5-9-16(13-17)14-18)12-6-10-15-7-3-2-4-8-15/h2-5,7-9,11,13H,6,10,12H2,1H3. The van der Waals surface area contributed by atoms with Crippen LogP contribution in [0.1, 0.15) is 17.5 Å². The van der Waals surface area contributed by atoms with E-state index >= 15 is 0 Å². The summed E-state index contributed by atoms with van der Waals surface area (Å²) in [6.45, 7) is 0.990. The normalized spacial score (nSPS) is 9.89. The second kappa shape index (κ2) is 6.61. The molecule has 0 amide bonds. The van der Waals surface area contributed by atoms with Crippen LogP contribution < -0.4 is 4.90 Å². The van der Waals surface area contributed by atoms with Gasteiger partial charge in [0, 0.05) is 19.3 Å². The van der Waals surface area contributed by atoms with E-state index in [0.29, 0.717) is 5.56 Å². The molecule has 0 fully saturated rings. The van der Waals surface area contributed by atoms with E-state index in [4.69, 9.17) is 5.26 Å². The number of anilines is 1. The van der Waals surface area contributed by atoms with E-state index in [1.165, 1.54) is 5.56 Å². The average Bonchev–Trinajstić information content (AvgIpc) is 2.48. The minimum Gasteiger partial charge on any atom is -0.375 e. The van der Waals surface area contributed by atoms with Gasteiger partial charge in [-0.25, -0.2) is 0 Å². The number of benzene rings is 2. The number of nitriles is 1. The molecule has 0 aliphatic carbocycles. The highest BCUT2D eigenvalue weighted by Gasteiger charge is 2.02. The summed E-state index contributed by atoms with van der Waals surface area (Å²) in [6, 6.07) is 20.5. The van der Waals surface area contributed by atoms with Crippen molar-refractivity contribution in [2.24, 2.45) is 0 Å². The lowest BCUT2D eigenvalue weighted by atomic mass is 10.1. The molecule has 2 rings (SSSR count). The van der Waals surface area contributed by atoms with Crippen molar-refractivity contribution in [3.8, 4) is 6.07 Å². The van der Waals surface area contributed by atoms with Crippen molar-refractivity contribution in [2.75, 3.05) is 18.5 Å². The van der Waals surface area contributed by atoms with Crippen molar-refractivity contribution in [3.63, 3.8) is 0 Å². The molecule has 0 bridgehead atoms. The third-order valence-corrected chi connectivity index (χ3v) is 3.22. The lowest BCUT2D eigenvalue weighted by molar-refractivity contribution is 0.786. The van der Waals surface area contributed by atoms with E-state index in [1.807, 2.05) is 30.3 Å². The van der Waals surface area contributed by atoms with Crippen molar-refractivity contribution in [3.05, 3.63) is 65.7 Å². The van der Waals surface area contributed by atoms with Gasteiger partial charge in [-0.05, 0) is 36.6 Å². The van der Waals surface area contributed by atoms with Crippen LogP contribution in [0.5, 0.6) is 0 Å². The minimum absolute atomic E-state index is 0.715. The summed E-state index contributed by atoms with van der Waals surface area (Å²) in [4.78, 5) is 2.20. The predicted molar refractivity (Wildman–Crippen MR) is 79.2 cm³/mol. The van der Waals surface area contributed by atoms with Gasteiger partial charge in [0.1, 0.15) is 0 Å². The van der Waals surface area contributed by atoms with Crippen LogP contribution >= 0.6 is 0 Å². The third-order valence-electron chi connectivity index (χ3n) is 3.22. The second-order valence-corrected chi connectivity index (χ2v) is 4.67. The molecule has 0 N–H and O–H groups in total. The smallest absolute Gasteiger partial charge is 0.0992 e. The maximum absolute atomic E-state index is 8.90. The van der Waals surface area contributed by atoms with Crippen molar-refractivity contribution in [1.82, 2.24) is 0 Å². The lowest BCUT2D eigenvalue weighted by Crippen LogP contribution is -2.19. The Bertz CT molecular complexity index is 555. The number of nitrogens with zero attached hydrogens (tertiary/aromatic N) is 2. The van der Waals surface area contributed by atoms with E-state index in [2.05, 4.69) is 42.3 Å². The summed E-state index contributed by atoms with van der Waals surface area (Å²) in [5, 5.41) is 8.90. The summed E-state index contributed by atoms with van der Waals surface area (Å²) >= 11 is 0. The Morgan fingerprint density at radius 3 is 2.58 bits per heavy atom. The molecule has 2 aromatic rings. The topological polar surface area (TPSA) is 27.0 Å². The Morgan fingerprint density at radius 1 is 1.05 bits per heavy atom. The molecule has 2 heteroatoms. The molecule has 2 nitrogen and oxygen atoms in total.